The lowest BCUT2D eigenvalue weighted by Crippen LogP contribution is -2.48. The van der Waals surface area contributed by atoms with Crippen molar-refractivity contribution in [1.29, 1.82) is 0 Å². The molecule has 0 bridgehead atoms. The SMILES string of the molecule is CCCCS(=O)(=O)Nc1cc(C(=O)N2CCNCC2)ccc1N1CCN(C(c2ccccc2)c2ccccc2)CC1. The van der Waals surface area contributed by atoms with Crippen molar-refractivity contribution in [1.82, 2.24) is 15.1 Å². The molecule has 9 heteroatoms. The van der Waals surface area contributed by atoms with Crippen LogP contribution in [0, 0.1) is 0 Å². The molecule has 2 heterocycles. The Morgan fingerprint density at radius 1 is 0.854 bits per heavy atom. The second-order valence-corrected chi connectivity index (χ2v) is 12.6. The van der Waals surface area contributed by atoms with Crippen LogP contribution < -0.4 is 14.9 Å². The van der Waals surface area contributed by atoms with Crippen molar-refractivity contribution in [3.8, 4) is 0 Å². The maximum absolute atomic E-state index is 13.3. The molecule has 41 heavy (non-hydrogen) atoms. The number of sulfonamides is 1. The number of amides is 1. The highest BCUT2D eigenvalue weighted by atomic mass is 32.2. The highest BCUT2D eigenvalue weighted by Gasteiger charge is 2.28. The number of anilines is 2. The zero-order valence-corrected chi connectivity index (χ0v) is 24.7. The number of carbonyl (C=O) groups is 1. The van der Waals surface area contributed by atoms with Gasteiger partial charge in [0.2, 0.25) is 10.0 Å². The smallest absolute Gasteiger partial charge is 0.254 e. The Morgan fingerprint density at radius 3 is 2.05 bits per heavy atom. The summed E-state index contributed by atoms with van der Waals surface area (Å²) in [7, 11) is -3.54. The van der Waals surface area contributed by atoms with E-state index in [1.165, 1.54) is 11.1 Å². The molecule has 0 saturated carbocycles. The Kier molecular flexibility index (Phi) is 9.59. The van der Waals surface area contributed by atoms with E-state index in [-0.39, 0.29) is 17.7 Å². The van der Waals surface area contributed by atoms with E-state index in [9.17, 15) is 13.2 Å². The second kappa shape index (κ2) is 13.5. The Bertz CT molecular complexity index is 1350. The largest absolute Gasteiger partial charge is 0.367 e. The molecule has 2 saturated heterocycles. The Labute approximate surface area is 244 Å². The second-order valence-electron chi connectivity index (χ2n) is 10.8. The molecule has 8 nitrogen and oxygen atoms in total. The molecule has 0 spiro atoms. The Morgan fingerprint density at radius 2 is 1.46 bits per heavy atom. The number of unbranched alkanes of at least 4 members (excludes halogenated alkanes) is 1. The van der Waals surface area contributed by atoms with Crippen molar-refractivity contribution < 1.29 is 13.2 Å². The van der Waals surface area contributed by atoms with Crippen LogP contribution in [-0.2, 0) is 10.0 Å². The van der Waals surface area contributed by atoms with Crippen molar-refractivity contribution in [2.45, 2.75) is 25.8 Å². The molecule has 1 amide bonds. The summed E-state index contributed by atoms with van der Waals surface area (Å²) < 4.78 is 28.8. The fraction of sp³-hybridized carbons (Fsp3) is 0.406. The molecule has 0 aliphatic carbocycles. The molecule has 0 aromatic heterocycles. The lowest BCUT2D eigenvalue weighted by molar-refractivity contribution is 0.0736. The summed E-state index contributed by atoms with van der Waals surface area (Å²) in [4.78, 5) is 19.8. The van der Waals surface area contributed by atoms with Gasteiger partial charge in [0.05, 0.1) is 23.2 Å². The van der Waals surface area contributed by atoms with Gasteiger partial charge in [-0.3, -0.25) is 14.4 Å². The third-order valence-electron chi connectivity index (χ3n) is 7.93. The number of rotatable bonds is 10. The minimum absolute atomic E-state index is 0.0581. The Hall–Kier alpha value is -3.40. The molecular weight excluding hydrogens is 534 g/mol. The molecule has 218 valence electrons. The van der Waals surface area contributed by atoms with Gasteiger partial charge in [-0.25, -0.2) is 8.42 Å². The first-order valence-electron chi connectivity index (χ1n) is 14.7. The number of piperazine rings is 2. The topological polar surface area (TPSA) is 85.0 Å². The van der Waals surface area contributed by atoms with Gasteiger partial charge in [0.15, 0.2) is 0 Å². The van der Waals surface area contributed by atoms with Crippen LogP contribution in [0.15, 0.2) is 78.9 Å². The molecule has 5 rings (SSSR count). The van der Waals surface area contributed by atoms with Crippen LogP contribution in [0.3, 0.4) is 0 Å². The maximum Gasteiger partial charge on any atom is 0.254 e. The van der Waals surface area contributed by atoms with Gasteiger partial charge in [-0.05, 0) is 35.7 Å². The molecule has 0 unspecified atom stereocenters. The zero-order valence-electron chi connectivity index (χ0n) is 23.8. The molecule has 2 aliphatic heterocycles. The average molecular weight is 576 g/mol. The third kappa shape index (κ3) is 7.28. The van der Waals surface area contributed by atoms with Gasteiger partial charge in [-0.1, -0.05) is 74.0 Å². The Balaban J connectivity index is 1.38. The van der Waals surface area contributed by atoms with Gasteiger partial charge in [-0.2, -0.15) is 0 Å². The van der Waals surface area contributed by atoms with E-state index in [2.05, 4.69) is 68.4 Å². The predicted molar refractivity (Wildman–Crippen MR) is 166 cm³/mol. The lowest BCUT2D eigenvalue weighted by atomic mass is 9.96. The van der Waals surface area contributed by atoms with Crippen LogP contribution in [0.25, 0.3) is 0 Å². The van der Waals surface area contributed by atoms with Crippen molar-refractivity contribution in [3.05, 3.63) is 95.6 Å². The highest BCUT2D eigenvalue weighted by molar-refractivity contribution is 7.92. The molecule has 3 aromatic carbocycles. The molecule has 0 radical (unpaired) electrons. The normalized spacial score (nSPS) is 16.6. The van der Waals surface area contributed by atoms with Crippen LogP contribution in [0.1, 0.15) is 47.3 Å². The summed E-state index contributed by atoms with van der Waals surface area (Å²) >= 11 is 0. The fourth-order valence-electron chi connectivity index (χ4n) is 5.74. The van der Waals surface area contributed by atoms with E-state index in [1.54, 1.807) is 6.07 Å². The first-order valence-corrected chi connectivity index (χ1v) is 16.3. The predicted octanol–water partition coefficient (Wildman–Crippen LogP) is 4.19. The number of hydrogen-bond donors (Lipinski definition) is 2. The quantitative estimate of drug-likeness (QED) is 0.377. The van der Waals surface area contributed by atoms with Crippen LogP contribution in [0.2, 0.25) is 0 Å². The summed E-state index contributed by atoms with van der Waals surface area (Å²) in [6.45, 7) is 7.90. The van der Waals surface area contributed by atoms with Crippen LogP contribution in [0.4, 0.5) is 11.4 Å². The van der Waals surface area contributed by atoms with Gasteiger partial charge >= 0.3 is 0 Å². The van der Waals surface area contributed by atoms with Gasteiger partial charge in [0, 0.05) is 57.9 Å². The monoisotopic (exact) mass is 575 g/mol. The first kappa shape index (κ1) is 29.1. The molecule has 0 atom stereocenters. The third-order valence-corrected chi connectivity index (χ3v) is 9.29. The van der Waals surface area contributed by atoms with E-state index in [0.29, 0.717) is 30.8 Å². The molecule has 3 aromatic rings. The van der Waals surface area contributed by atoms with Crippen molar-refractivity contribution in [2.75, 3.05) is 67.7 Å². The minimum Gasteiger partial charge on any atom is -0.367 e. The van der Waals surface area contributed by atoms with Crippen LogP contribution in [0.5, 0.6) is 0 Å². The summed E-state index contributed by atoms with van der Waals surface area (Å²) in [5, 5.41) is 3.27. The number of carbonyl (C=O) groups excluding carboxylic acids is 1. The lowest BCUT2D eigenvalue weighted by Gasteiger charge is -2.41. The van der Waals surface area contributed by atoms with E-state index >= 15 is 0 Å². The van der Waals surface area contributed by atoms with Crippen LogP contribution >= 0.6 is 0 Å². The number of benzene rings is 3. The van der Waals surface area contributed by atoms with Crippen molar-refractivity contribution in [3.63, 3.8) is 0 Å². The zero-order chi connectivity index (χ0) is 28.7. The molecular formula is C32H41N5O3S. The van der Waals surface area contributed by atoms with Gasteiger partial charge < -0.3 is 15.1 Å². The standard InChI is InChI=1S/C32H41N5O3S/c1-2-3-24-41(39,40)34-29-25-28(32(38)37-18-16-33-17-19-37)14-15-30(29)35-20-22-36(23-21-35)31(26-10-6-4-7-11-26)27-12-8-5-9-13-27/h4-15,25,31,33-34H,2-3,16-24H2,1H3. The molecule has 2 fully saturated rings. The van der Waals surface area contributed by atoms with Gasteiger partial charge in [0.25, 0.3) is 5.91 Å². The average Bonchev–Trinajstić information content (AvgIpc) is 3.01. The number of nitrogens with one attached hydrogen (secondary N) is 2. The van der Waals surface area contributed by atoms with E-state index < -0.39 is 10.0 Å². The minimum atomic E-state index is -3.54. The summed E-state index contributed by atoms with van der Waals surface area (Å²) in [5.74, 6) is -0.00635. The maximum atomic E-state index is 13.3. The van der Waals surface area contributed by atoms with Crippen molar-refractivity contribution in [2.24, 2.45) is 0 Å². The van der Waals surface area contributed by atoms with E-state index in [4.69, 9.17) is 0 Å². The fourth-order valence-corrected chi connectivity index (χ4v) is 7.01. The van der Waals surface area contributed by atoms with E-state index in [0.717, 1.165) is 51.4 Å². The van der Waals surface area contributed by atoms with Crippen molar-refractivity contribution >= 4 is 27.3 Å². The first-order chi connectivity index (χ1) is 19.9. The molecule has 2 N–H and O–H groups in total. The van der Waals surface area contributed by atoms with E-state index in [1.807, 2.05) is 36.1 Å². The summed E-state index contributed by atoms with van der Waals surface area (Å²) in [6, 6.07) is 26.8. The van der Waals surface area contributed by atoms with Crippen LogP contribution in [-0.4, -0.2) is 82.2 Å². The summed E-state index contributed by atoms with van der Waals surface area (Å²) in [5.41, 5.74) is 4.33. The summed E-state index contributed by atoms with van der Waals surface area (Å²) in [6.07, 6.45) is 1.38. The van der Waals surface area contributed by atoms with Gasteiger partial charge in [-0.15, -0.1) is 0 Å². The molecule has 2 aliphatic rings. The number of hydrogen-bond acceptors (Lipinski definition) is 6. The highest BCUT2D eigenvalue weighted by Crippen LogP contribution is 2.33. The van der Waals surface area contributed by atoms with Gasteiger partial charge in [0.1, 0.15) is 0 Å². The number of nitrogens with zero attached hydrogens (tertiary/aromatic N) is 3.